The first-order valence-electron chi connectivity index (χ1n) is 3.70. The van der Waals surface area contributed by atoms with Gasteiger partial charge in [-0.25, -0.2) is 0 Å². The van der Waals surface area contributed by atoms with Crippen LogP contribution in [0.2, 0.25) is 0 Å². The largest absolute Gasteiger partial charge is 0.496 e. The lowest BCUT2D eigenvalue weighted by Crippen LogP contribution is -1.88. The summed E-state index contributed by atoms with van der Waals surface area (Å²) in [5.74, 6) is 0.946. The fourth-order valence-corrected chi connectivity index (χ4v) is 1.10. The van der Waals surface area contributed by atoms with Crippen molar-refractivity contribution in [3.05, 3.63) is 36.2 Å². The molecule has 11 heavy (non-hydrogen) atoms. The Balaban J connectivity index is 2.99. The molecule has 0 saturated heterocycles. The SMILES string of the molecule is [CH2]Cc1ccc(OC)c(C)c1. The van der Waals surface area contributed by atoms with Gasteiger partial charge in [0.1, 0.15) is 5.75 Å². The van der Waals surface area contributed by atoms with E-state index in [1.165, 1.54) is 11.1 Å². The normalized spacial score (nSPS) is 9.73. The first kappa shape index (κ1) is 8.12. The van der Waals surface area contributed by atoms with Crippen molar-refractivity contribution < 1.29 is 4.74 Å². The van der Waals surface area contributed by atoms with Crippen molar-refractivity contribution in [1.82, 2.24) is 0 Å². The van der Waals surface area contributed by atoms with Gasteiger partial charge in [-0.3, -0.25) is 0 Å². The predicted molar refractivity (Wildman–Crippen MR) is 46.8 cm³/mol. The third-order valence-electron chi connectivity index (χ3n) is 1.75. The van der Waals surface area contributed by atoms with Gasteiger partial charge in [0.05, 0.1) is 7.11 Å². The van der Waals surface area contributed by atoms with Crippen LogP contribution in [-0.2, 0) is 6.42 Å². The van der Waals surface area contributed by atoms with E-state index in [1.54, 1.807) is 7.11 Å². The maximum absolute atomic E-state index is 5.12. The first-order valence-corrected chi connectivity index (χ1v) is 3.70. The van der Waals surface area contributed by atoms with Crippen molar-refractivity contribution in [2.24, 2.45) is 0 Å². The molecule has 59 valence electrons. The number of benzene rings is 1. The van der Waals surface area contributed by atoms with Gasteiger partial charge >= 0.3 is 0 Å². The average molecular weight is 149 g/mol. The van der Waals surface area contributed by atoms with Crippen LogP contribution in [0.1, 0.15) is 11.1 Å². The molecule has 1 aromatic rings. The highest BCUT2D eigenvalue weighted by Crippen LogP contribution is 2.18. The average Bonchev–Trinajstić information content (AvgIpc) is 2.04. The van der Waals surface area contributed by atoms with Gasteiger partial charge in [-0.2, -0.15) is 0 Å². The molecule has 0 saturated carbocycles. The number of methoxy groups -OCH3 is 1. The molecule has 0 aliphatic rings. The summed E-state index contributed by atoms with van der Waals surface area (Å²) in [7, 11) is 1.69. The minimum Gasteiger partial charge on any atom is -0.496 e. The Morgan fingerprint density at radius 2 is 2.18 bits per heavy atom. The highest BCUT2D eigenvalue weighted by Gasteiger charge is 1.96. The molecule has 0 N–H and O–H groups in total. The molecule has 0 fully saturated rings. The number of hydrogen-bond acceptors (Lipinski definition) is 1. The van der Waals surface area contributed by atoms with Crippen LogP contribution in [0.5, 0.6) is 5.75 Å². The van der Waals surface area contributed by atoms with Crippen LogP contribution in [0.25, 0.3) is 0 Å². The van der Waals surface area contributed by atoms with Gasteiger partial charge in [-0.1, -0.05) is 12.1 Å². The fraction of sp³-hybridized carbons (Fsp3) is 0.300. The summed E-state index contributed by atoms with van der Waals surface area (Å²) < 4.78 is 5.12. The quantitative estimate of drug-likeness (QED) is 0.627. The second-order valence-corrected chi connectivity index (χ2v) is 2.55. The molecule has 1 aromatic carbocycles. The van der Waals surface area contributed by atoms with Crippen LogP contribution in [0.3, 0.4) is 0 Å². The Morgan fingerprint density at radius 3 is 2.64 bits per heavy atom. The van der Waals surface area contributed by atoms with Crippen LogP contribution >= 0.6 is 0 Å². The second-order valence-electron chi connectivity index (χ2n) is 2.55. The van der Waals surface area contributed by atoms with E-state index >= 15 is 0 Å². The Morgan fingerprint density at radius 1 is 1.45 bits per heavy atom. The summed E-state index contributed by atoms with van der Waals surface area (Å²) in [6, 6.07) is 6.13. The van der Waals surface area contributed by atoms with Crippen molar-refractivity contribution >= 4 is 0 Å². The number of rotatable bonds is 2. The Labute approximate surface area is 68.0 Å². The van der Waals surface area contributed by atoms with Gasteiger partial charge in [-0.05, 0) is 37.5 Å². The predicted octanol–water partition coefficient (Wildman–Crippen LogP) is 2.38. The topological polar surface area (TPSA) is 9.23 Å². The van der Waals surface area contributed by atoms with E-state index < -0.39 is 0 Å². The zero-order valence-corrected chi connectivity index (χ0v) is 7.05. The summed E-state index contributed by atoms with van der Waals surface area (Å²) in [5.41, 5.74) is 2.43. The van der Waals surface area contributed by atoms with Crippen LogP contribution in [-0.4, -0.2) is 7.11 Å². The molecular formula is C10H13O. The van der Waals surface area contributed by atoms with Gasteiger partial charge in [0.25, 0.3) is 0 Å². The van der Waals surface area contributed by atoms with E-state index in [9.17, 15) is 0 Å². The third-order valence-corrected chi connectivity index (χ3v) is 1.75. The minimum absolute atomic E-state index is 0.838. The van der Waals surface area contributed by atoms with Crippen LogP contribution < -0.4 is 4.74 Å². The molecule has 0 bridgehead atoms. The zero-order chi connectivity index (χ0) is 8.27. The van der Waals surface area contributed by atoms with Gasteiger partial charge < -0.3 is 4.74 Å². The fourth-order valence-electron chi connectivity index (χ4n) is 1.10. The summed E-state index contributed by atoms with van der Waals surface area (Å²) >= 11 is 0. The van der Waals surface area contributed by atoms with Crippen LogP contribution in [0.4, 0.5) is 0 Å². The van der Waals surface area contributed by atoms with E-state index in [2.05, 4.69) is 13.0 Å². The van der Waals surface area contributed by atoms with Gasteiger partial charge in [-0.15, -0.1) is 0 Å². The standard InChI is InChI=1S/C10H13O/c1-4-9-5-6-10(11-3)8(2)7-9/h5-7H,1,4H2,2-3H3. The lowest BCUT2D eigenvalue weighted by atomic mass is 10.1. The van der Waals surface area contributed by atoms with Gasteiger partial charge in [0.2, 0.25) is 0 Å². The molecule has 1 rings (SSSR count). The molecule has 0 unspecified atom stereocenters. The molecule has 0 spiro atoms. The van der Waals surface area contributed by atoms with E-state index in [0.29, 0.717) is 0 Å². The molecule has 1 heteroatoms. The highest BCUT2D eigenvalue weighted by molar-refractivity contribution is 5.36. The lowest BCUT2D eigenvalue weighted by molar-refractivity contribution is 0.411. The Hall–Kier alpha value is -0.980. The number of hydrogen-bond donors (Lipinski definition) is 0. The van der Waals surface area contributed by atoms with Gasteiger partial charge in [0, 0.05) is 0 Å². The zero-order valence-electron chi connectivity index (χ0n) is 7.05. The maximum Gasteiger partial charge on any atom is 0.121 e. The molecule has 1 nitrogen and oxygen atoms in total. The summed E-state index contributed by atoms with van der Waals surface area (Å²) in [5, 5.41) is 0. The molecular weight excluding hydrogens is 136 g/mol. The highest BCUT2D eigenvalue weighted by atomic mass is 16.5. The smallest absolute Gasteiger partial charge is 0.121 e. The van der Waals surface area contributed by atoms with Crippen molar-refractivity contribution in [3.8, 4) is 5.75 Å². The van der Waals surface area contributed by atoms with E-state index in [4.69, 9.17) is 4.74 Å². The second kappa shape index (κ2) is 3.42. The van der Waals surface area contributed by atoms with E-state index in [1.807, 2.05) is 19.1 Å². The molecule has 0 aromatic heterocycles. The molecule has 0 amide bonds. The lowest BCUT2D eigenvalue weighted by Gasteiger charge is -2.05. The molecule has 0 atom stereocenters. The first-order chi connectivity index (χ1) is 5.27. The van der Waals surface area contributed by atoms with Gasteiger partial charge in [0.15, 0.2) is 0 Å². The van der Waals surface area contributed by atoms with Crippen LogP contribution in [0.15, 0.2) is 18.2 Å². The molecule has 1 radical (unpaired) electrons. The number of aryl methyl sites for hydroxylation is 1. The molecule has 0 heterocycles. The van der Waals surface area contributed by atoms with E-state index in [0.717, 1.165) is 12.2 Å². The Kier molecular flexibility index (Phi) is 2.53. The van der Waals surface area contributed by atoms with Crippen molar-refractivity contribution in [3.63, 3.8) is 0 Å². The summed E-state index contributed by atoms with van der Waals surface area (Å²) in [6.45, 7) is 5.85. The number of ether oxygens (including phenoxy) is 1. The van der Waals surface area contributed by atoms with Crippen molar-refractivity contribution in [2.45, 2.75) is 13.3 Å². The minimum atomic E-state index is 0.838. The van der Waals surface area contributed by atoms with Crippen LogP contribution in [0, 0.1) is 13.8 Å². The summed E-state index contributed by atoms with van der Waals surface area (Å²) in [4.78, 5) is 0. The monoisotopic (exact) mass is 149 g/mol. The molecule has 0 aliphatic carbocycles. The Bertz CT molecular complexity index is 241. The maximum atomic E-state index is 5.12. The third kappa shape index (κ3) is 1.73. The van der Waals surface area contributed by atoms with Crippen molar-refractivity contribution in [2.75, 3.05) is 7.11 Å². The summed E-state index contributed by atoms with van der Waals surface area (Å²) in [6.07, 6.45) is 0.838. The van der Waals surface area contributed by atoms with Crippen molar-refractivity contribution in [1.29, 1.82) is 0 Å². The van der Waals surface area contributed by atoms with E-state index in [-0.39, 0.29) is 0 Å². The molecule has 0 aliphatic heterocycles.